The van der Waals surface area contributed by atoms with Crippen LogP contribution in [0.25, 0.3) is 11.0 Å². The predicted octanol–water partition coefficient (Wildman–Crippen LogP) is 4.21. The van der Waals surface area contributed by atoms with Crippen LogP contribution in [0.3, 0.4) is 0 Å². The van der Waals surface area contributed by atoms with Gasteiger partial charge in [-0.1, -0.05) is 20.3 Å². The van der Waals surface area contributed by atoms with Crippen LogP contribution in [0.2, 0.25) is 0 Å². The molecule has 1 fully saturated rings. The number of benzene rings is 1. The first kappa shape index (κ1) is 15.5. The number of fused-ring (bicyclic) bond motifs is 1. The van der Waals surface area contributed by atoms with E-state index in [2.05, 4.69) is 28.3 Å². The molecule has 0 amide bonds. The fraction of sp³-hybridized carbons (Fsp3) is 0.611. The number of aryl methyl sites for hydroxylation is 1. The van der Waals surface area contributed by atoms with Crippen molar-refractivity contribution in [2.75, 3.05) is 13.1 Å². The van der Waals surface area contributed by atoms with Crippen molar-refractivity contribution >= 4 is 11.0 Å². The normalized spacial score (nSPS) is 19.3. The van der Waals surface area contributed by atoms with Gasteiger partial charge in [-0.25, -0.2) is 9.37 Å². The molecule has 1 aliphatic rings. The molecule has 1 aliphatic heterocycles. The zero-order chi connectivity index (χ0) is 15.5. The van der Waals surface area contributed by atoms with Gasteiger partial charge in [-0.3, -0.25) is 4.90 Å². The van der Waals surface area contributed by atoms with Crippen molar-refractivity contribution < 1.29 is 4.39 Å². The maximum Gasteiger partial charge on any atom is 0.125 e. The van der Waals surface area contributed by atoms with Crippen LogP contribution in [-0.2, 0) is 13.1 Å². The summed E-state index contributed by atoms with van der Waals surface area (Å²) in [5.74, 6) is 1.72. The Bertz CT molecular complexity index is 635. The lowest BCUT2D eigenvalue weighted by Gasteiger charge is -2.19. The summed E-state index contributed by atoms with van der Waals surface area (Å²) in [6, 6.07) is 4.96. The third kappa shape index (κ3) is 3.17. The van der Waals surface area contributed by atoms with Crippen LogP contribution in [0.4, 0.5) is 4.39 Å². The summed E-state index contributed by atoms with van der Waals surface area (Å²) >= 11 is 0. The van der Waals surface area contributed by atoms with E-state index in [0.29, 0.717) is 0 Å². The monoisotopic (exact) mass is 303 g/mol. The van der Waals surface area contributed by atoms with Gasteiger partial charge in [0.05, 0.1) is 17.7 Å². The average Bonchev–Trinajstić information content (AvgIpc) is 3.05. The topological polar surface area (TPSA) is 21.1 Å². The summed E-state index contributed by atoms with van der Waals surface area (Å²) < 4.78 is 15.7. The summed E-state index contributed by atoms with van der Waals surface area (Å²) in [7, 11) is 0. The standard InChI is InChI=1S/C18H26FN3/c1-3-5-14-9-10-21(12-14)13-22-17-8-7-15(19)11-16(17)20-18(22)6-4-2/h7-8,11,14H,3-6,9-10,12-13H2,1-2H3. The predicted molar refractivity (Wildman–Crippen MR) is 88.3 cm³/mol. The van der Waals surface area contributed by atoms with Crippen LogP contribution < -0.4 is 0 Å². The lowest BCUT2D eigenvalue weighted by molar-refractivity contribution is 0.257. The molecular formula is C18H26FN3. The van der Waals surface area contributed by atoms with Crippen molar-refractivity contribution in [1.29, 1.82) is 0 Å². The fourth-order valence-corrected chi connectivity index (χ4v) is 3.61. The molecule has 1 saturated heterocycles. The van der Waals surface area contributed by atoms with Crippen molar-refractivity contribution in [2.45, 2.75) is 52.6 Å². The number of rotatable bonds is 6. The molecule has 1 aromatic carbocycles. The van der Waals surface area contributed by atoms with Crippen molar-refractivity contribution in [1.82, 2.24) is 14.5 Å². The van der Waals surface area contributed by atoms with Crippen LogP contribution >= 0.6 is 0 Å². The molecule has 0 spiro atoms. The maximum absolute atomic E-state index is 13.4. The molecule has 2 aromatic rings. The summed E-state index contributed by atoms with van der Waals surface area (Å²) in [5.41, 5.74) is 1.84. The second-order valence-corrected chi connectivity index (χ2v) is 6.50. The Morgan fingerprint density at radius 2 is 2.14 bits per heavy atom. The zero-order valence-corrected chi connectivity index (χ0v) is 13.7. The summed E-state index contributed by atoms with van der Waals surface area (Å²) in [4.78, 5) is 7.17. The SMILES string of the molecule is CCCc1nc2cc(F)ccc2n1CN1CCC(CCC)C1. The van der Waals surface area contributed by atoms with Gasteiger partial charge in [-0.05, 0) is 37.3 Å². The largest absolute Gasteiger partial charge is 0.314 e. The van der Waals surface area contributed by atoms with Crippen molar-refractivity contribution in [2.24, 2.45) is 5.92 Å². The Hall–Kier alpha value is -1.42. The van der Waals surface area contributed by atoms with Crippen LogP contribution in [0.1, 0.15) is 45.4 Å². The number of hydrogen-bond acceptors (Lipinski definition) is 2. The average molecular weight is 303 g/mol. The Morgan fingerprint density at radius 1 is 1.27 bits per heavy atom. The summed E-state index contributed by atoms with van der Waals surface area (Å²) in [5, 5.41) is 0. The minimum absolute atomic E-state index is 0.204. The Morgan fingerprint density at radius 3 is 2.91 bits per heavy atom. The van der Waals surface area contributed by atoms with Gasteiger partial charge in [0.2, 0.25) is 0 Å². The zero-order valence-electron chi connectivity index (χ0n) is 13.7. The highest BCUT2D eigenvalue weighted by Crippen LogP contribution is 2.24. The molecule has 3 nitrogen and oxygen atoms in total. The first-order valence-corrected chi connectivity index (χ1v) is 8.58. The number of aromatic nitrogens is 2. The molecular weight excluding hydrogens is 277 g/mol. The van der Waals surface area contributed by atoms with E-state index in [-0.39, 0.29) is 5.82 Å². The third-order valence-electron chi connectivity index (χ3n) is 4.67. The lowest BCUT2D eigenvalue weighted by atomic mass is 10.0. The van der Waals surface area contributed by atoms with Gasteiger partial charge in [0.15, 0.2) is 0 Å². The first-order chi connectivity index (χ1) is 10.7. The number of hydrogen-bond donors (Lipinski definition) is 0. The Labute approximate surface area is 132 Å². The van der Waals surface area contributed by atoms with Crippen molar-refractivity contribution in [3.8, 4) is 0 Å². The minimum atomic E-state index is -0.204. The second kappa shape index (κ2) is 6.78. The molecule has 0 saturated carbocycles. The van der Waals surface area contributed by atoms with Gasteiger partial charge >= 0.3 is 0 Å². The molecule has 22 heavy (non-hydrogen) atoms. The van der Waals surface area contributed by atoms with Crippen molar-refractivity contribution in [3.05, 3.63) is 29.8 Å². The molecule has 0 N–H and O–H groups in total. The van der Waals surface area contributed by atoms with Crippen LogP contribution in [0.15, 0.2) is 18.2 Å². The fourth-order valence-electron chi connectivity index (χ4n) is 3.61. The number of nitrogens with zero attached hydrogens (tertiary/aromatic N) is 3. The van der Waals surface area contributed by atoms with E-state index >= 15 is 0 Å². The van der Waals surface area contributed by atoms with Crippen LogP contribution in [-0.4, -0.2) is 27.5 Å². The van der Waals surface area contributed by atoms with E-state index in [4.69, 9.17) is 0 Å². The van der Waals surface area contributed by atoms with Gasteiger partial charge in [0.1, 0.15) is 11.6 Å². The lowest BCUT2D eigenvalue weighted by Crippen LogP contribution is -2.25. The summed E-state index contributed by atoms with van der Waals surface area (Å²) in [6.45, 7) is 7.66. The highest BCUT2D eigenvalue weighted by Gasteiger charge is 2.23. The van der Waals surface area contributed by atoms with Crippen LogP contribution in [0.5, 0.6) is 0 Å². The molecule has 4 heteroatoms. The summed E-state index contributed by atoms with van der Waals surface area (Å²) in [6.07, 6.45) is 5.91. The van der Waals surface area contributed by atoms with Gasteiger partial charge in [-0.2, -0.15) is 0 Å². The van der Waals surface area contributed by atoms with E-state index in [1.807, 2.05) is 6.07 Å². The maximum atomic E-state index is 13.4. The highest BCUT2D eigenvalue weighted by molar-refractivity contribution is 5.76. The molecule has 1 aromatic heterocycles. The second-order valence-electron chi connectivity index (χ2n) is 6.50. The van der Waals surface area contributed by atoms with Crippen molar-refractivity contribution in [3.63, 3.8) is 0 Å². The Balaban J connectivity index is 1.84. The molecule has 0 radical (unpaired) electrons. The van der Waals surface area contributed by atoms with Gasteiger partial charge in [0.25, 0.3) is 0 Å². The molecule has 1 unspecified atom stereocenters. The molecule has 0 bridgehead atoms. The highest BCUT2D eigenvalue weighted by atomic mass is 19.1. The van der Waals surface area contributed by atoms with E-state index in [0.717, 1.165) is 48.8 Å². The molecule has 0 aliphatic carbocycles. The Kier molecular flexibility index (Phi) is 4.77. The number of imidazole rings is 1. The van der Waals surface area contributed by atoms with E-state index < -0.39 is 0 Å². The van der Waals surface area contributed by atoms with E-state index in [1.165, 1.54) is 25.8 Å². The molecule has 2 heterocycles. The molecule has 3 rings (SSSR count). The van der Waals surface area contributed by atoms with Crippen LogP contribution in [0, 0.1) is 11.7 Å². The van der Waals surface area contributed by atoms with Gasteiger partial charge in [-0.15, -0.1) is 0 Å². The third-order valence-corrected chi connectivity index (χ3v) is 4.67. The van der Waals surface area contributed by atoms with E-state index in [1.54, 1.807) is 12.1 Å². The van der Waals surface area contributed by atoms with Gasteiger partial charge < -0.3 is 4.57 Å². The van der Waals surface area contributed by atoms with Gasteiger partial charge in [0, 0.05) is 25.6 Å². The first-order valence-electron chi connectivity index (χ1n) is 8.58. The van der Waals surface area contributed by atoms with E-state index in [9.17, 15) is 4.39 Å². The minimum Gasteiger partial charge on any atom is -0.314 e. The molecule has 120 valence electrons. The quantitative estimate of drug-likeness (QED) is 0.797. The smallest absolute Gasteiger partial charge is 0.125 e. The number of halogens is 1. The molecule has 1 atom stereocenters. The number of likely N-dealkylation sites (tertiary alicyclic amines) is 1.